The molecule has 4 rings (SSSR count). The fourth-order valence-electron chi connectivity index (χ4n) is 3.84. The van der Waals surface area contributed by atoms with Gasteiger partial charge in [-0.25, -0.2) is 0 Å². The van der Waals surface area contributed by atoms with Crippen LogP contribution in [0.4, 0.5) is 0 Å². The molecule has 0 spiro atoms. The molecule has 3 aromatic rings. The summed E-state index contributed by atoms with van der Waals surface area (Å²) in [4.78, 5) is 22.3. The van der Waals surface area contributed by atoms with E-state index in [1.165, 1.54) is 11.1 Å². The predicted molar refractivity (Wildman–Crippen MR) is 106 cm³/mol. The number of fused-ring (bicyclic) bond motifs is 1. The van der Waals surface area contributed by atoms with Crippen LogP contribution >= 0.6 is 0 Å². The number of nitrogens with one attached hydrogen (secondary N) is 1. The van der Waals surface area contributed by atoms with E-state index < -0.39 is 0 Å². The number of hydrogen-bond donors (Lipinski definition) is 1. The smallest absolute Gasteiger partial charge is 0.260 e. The zero-order valence-corrected chi connectivity index (χ0v) is 15.9. The second-order valence-electron chi connectivity index (χ2n) is 7.29. The lowest BCUT2D eigenvalue weighted by molar-refractivity contribution is -0.134. The average Bonchev–Trinajstić information content (AvgIpc) is 3.13. The molecule has 27 heavy (non-hydrogen) atoms. The van der Waals surface area contributed by atoms with Crippen LogP contribution in [-0.4, -0.2) is 40.5 Å². The molecule has 1 aliphatic rings. The lowest BCUT2D eigenvalue weighted by Gasteiger charge is -2.31. The maximum atomic E-state index is 12.6. The maximum Gasteiger partial charge on any atom is 0.260 e. The number of carbonyl (C=O) groups excluding carboxylic acids is 1. The van der Waals surface area contributed by atoms with E-state index >= 15 is 0 Å². The summed E-state index contributed by atoms with van der Waals surface area (Å²) in [7, 11) is 0. The minimum absolute atomic E-state index is 0.0615. The van der Waals surface area contributed by atoms with Crippen molar-refractivity contribution in [2.24, 2.45) is 0 Å². The lowest BCUT2D eigenvalue weighted by atomic mass is 9.90. The Bertz CT molecular complexity index is 955. The molecular formula is C22H25N3O2. The first-order chi connectivity index (χ1) is 13.1. The van der Waals surface area contributed by atoms with E-state index in [4.69, 9.17) is 4.74 Å². The Morgan fingerprint density at radius 2 is 2.04 bits per heavy atom. The second kappa shape index (κ2) is 7.43. The number of aryl methyl sites for hydroxylation is 1. The molecule has 2 aromatic heterocycles. The number of likely N-dealkylation sites (tertiary alicyclic amines) is 1. The Hall–Kier alpha value is -2.82. The van der Waals surface area contributed by atoms with E-state index in [9.17, 15) is 4.79 Å². The Kier molecular flexibility index (Phi) is 4.84. The van der Waals surface area contributed by atoms with Crippen LogP contribution in [0.5, 0.6) is 5.75 Å². The summed E-state index contributed by atoms with van der Waals surface area (Å²) < 4.78 is 5.78. The highest BCUT2D eigenvalue weighted by Crippen LogP contribution is 2.32. The van der Waals surface area contributed by atoms with E-state index in [-0.39, 0.29) is 12.5 Å². The number of nitrogens with zero attached hydrogens (tertiary/aromatic N) is 2. The molecule has 1 N–H and O–H groups in total. The number of hydrogen-bond acceptors (Lipinski definition) is 3. The van der Waals surface area contributed by atoms with Crippen LogP contribution in [0.1, 0.15) is 35.4 Å². The van der Waals surface area contributed by atoms with Crippen LogP contribution in [0.25, 0.3) is 11.0 Å². The van der Waals surface area contributed by atoms with Crippen LogP contribution in [0, 0.1) is 13.8 Å². The average molecular weight is 363 g/mol. The zero-order chi connectivity index (χ0) is 18.8. The topological polar surface area (TPSA) is 58.2 Å². The number of H-pyrrole nitrogens is 1. The molecule has 0 bridgehead atoms. The molecule has 1 saturated heterocycles. The number of rotatable bonds is 4. The van der Waals surface area contributed by atoms with Crippen molar-refractivity contribution in [3.05, 3.63) is 59.4 Å². The Morgan fingerprint density at radius 3 is 2.85 bits per heavy atom. The van der Waals surface area contributed by atoms with E-state index in [1.807, 2.05) is 49.2 Å². The second-order valence-corrected chi connectivity index (χ2v) is 7.29. The van der Waals surface area contributed by atoms with Gasteiger partial charge in [0.25, 0.3) is 5.91 Å². The molecule has 140 valence electrons. The number of benzene rings is 1. The zero-order valence-electron chi connectivity index (χ0n) is 15.9. The summed E-state index contributed by atoms with van der Waals surface area (Å²) in [6.45, 7) is 5.70. The third-order valence-corrected chi connectivity index (χ3v) is 5.66. The largest absolute Gasteiger partial charge is 0.483 e. The maximum absolute atomic E-state index is 12.6. The van der Waals surface area contributed by atoms with Crippen LogP contribution in [0.15, 0.2) is 42.7 Å². The number of aromatic nitrogens is 2. The summed E-state index contributed by atoms with van der Waals surface area (Å²) in [6, 6.07) is 9.93. The third kappa shape index (κ3) is 3.54. The van der Waals surface area contributed by atoms with Gasteiger partial charge in [-0.15, -0.1) is 0 Å². The lowest BCUT2D eigenvalue weighted by Crippen LogP contribution is -2.40. The number of piperidine rings is 1. The molecule has 5 heteroatoms. The first-order valence-electron chi connectivity index (χ1n) is 9.52. The summed E-state index contributed by atoms with van der Waals surface area (Å²) in [5, 5.41) is 0. The van der Waals surface area contributed by atoms with Crippen molar-refractivity contribution in [2.75, 3.05) is 19.7 Å². The first-order valence-corrected chi connectivity index (χ1v) is 9.52. The number of pyridine rings is 1. The summed E-state index contributed by atoms with van der Waals surface area (Å²) in [6.07, 6.45) is 5.82. The van der Waals surface area contributed by atoms with Gasteiger partial charge in [0.05, 0.1) is 11.0 Å². The van der Waals surface area contributed by atoms with Crippen LogP contribution in [0.3, 0.4) is 0 Å². The van der Waals surface area contributed by atoms with Crippen molar-refractivity contribution in [2.45, 2.75) is 32.6 Å². The van der Waals surface area contributed by atoms with Gasteiger partial charge in [-0.2, -0.15) is 0 Å². The molecule has 1 fully saturated rings. The van der Waals surface area contributed by atoms with E-state index in [0.717, 1.165) is 48.3 Å². The van der Waals surface area contributed by atoms with Crippen LogP contribution in [-0.2, 0) is 4.79 Å². The van der Waals surface area contributed by atoms with Gasteiger partial charge >= 0.3 is 0 Å². The molecular weight excluding hydrogens is 338 g/mol. The number of aromatic amines is 1. The molecule has 0 unspecified atom stereocenters. The van der Waals surface area contributed by atoms with Crippen molar-refractivity contribution in [3.8, 4) is 5.75 Å². The highest BCUT2D eigenvalue weighted by Gasteiger charge is 2.26. The minimum atomic E-state index is 0.0615. The predicted octanol–water partition coefficient (Wildman–Crippen LogP) is 3.96. The molecule has 1 aromatic carbocycles. The number of ether oxygens (including phenoxy) is 1. The standard InChI is InChI=1S/C22H25N3O2/c1-15-5-3-7-20(16(15)2)27-14-21(26)25-11-8-17(9-12-25)18-13-24-19-6-4-10-23-22(18)19/h3-7,10,13,17,24H,8-9,11-12,14H2,1-2H3. The third-order valence-electron chi connectivity index (χ3n) is 5.66. The summed E-state index contributed by atoms with van der Waals surface area (Å²) in [5.41, 5.74) is 5.67. The van der Waals surface area contributed by atoms with Crippen LogP contribution in [0.2, 0.25) is 0 Å². The van der Waals surface area contributed by atoms with Gasteiger partial charge in [-0.3, -0.25) is 9.78 Å². The molecule has 0 aliphatic carbocycles. The quantitative estimate of drug-likeness (QED) is 0.763. The van der Waals surface area contributed by atoms with Gasteiger partial charge < -0.3 is 14.6 Å². The number of amides is 1. The summed E-state index contributed by atoms with van der Waals surface area (Å²) >= 11 is 0. The molecule has 5 nitrogen and oxygen atoms in total. The Labute approximate surface area is 159 Å². The van der Waals surface area contributed by atoms with Crippen molar-refractivity contribution in [1.29, 1.82) is 0 Å². The summed E-state index contributed by atoms with van der Waals surface area (Å²) in [5.74, 6) is 1.30. The molecule has 3 heterocycles. The van der Waals surface area contributed by atoms with Crippen molar-refractivity contribution in [3.63, 3.8) is 0 Å². The van der Waals surface area contributed by atoms with Gasteiger partial charge in [-0.05, 0) is 67.5 Å². The highest BCUT2D eigenvalue weighted by molar-refractivity contribution is 5.80. The fourth-order valence-corrected chi connectivity index (χ4v) is 3.84. The molecule has 1 aliphatic heterocycles. The van der Waals surface area contributed by atoms with Gasteiger partial charge in [0.15, 0.2) is 6.61 Å². The minimum Gasteiger partial charge on any atom is -0.483 e. The first kappa shape index (κ1) is 17.6. The van der Waals surface area contributed by atoms with E-state index in [1.54, 1.807) is 0 Å². The van der Waals surface area contributed by atoms with Gasteiger partial charge in [-0.1, -0.05) is 12.1 Å². The number of carbonyl (C=O) groups is 1. The Balaban J connectivity index is 1.35. The van der Waals surface area contributed by atoms with Crippen LogP contribution < -0.4 is 4.74 Å². The SMILES string of the molecule is Cc1cccc(OCC(=O)N2CCC(c3c[nH]c4cccnc34)CC2)c1C. The van der Waals surface area contributed by atoms with Crippen molar-refractivity contribution >= 4 is 16.9 Å². The molecule has 1 amide bonds. The van der Waals surface area contributed by atoms with Gasteiger partial charge in [0.2, 0.25) is 0 Å². The molecule has 0 radical (unpaired) electrons. The van der Waals surface area contributed by atoms with Crippen molar-refractivity contribution in [1.82, 2.24) is 14.9 Å². The highest BCUT2D eigenvalue weighted by atomic mass is 16.5. The van der Waals surface area contributed by atoms with Crippen molar-refractivity contribution < 1.29 is 9.53 Å². The van der Waals surface area contributed by atoms with E-state index in [2.05, 4.69) is 22.2 Å². The molecule has 0 atom stereocenters. The monoisotopic (exact) mass is 363 g/mol. The molecule has 0 saturated carbocycles. The Morgan fingerprint density at radius 1 is 1.22 bits per heavy atom. The van der Waals surface area contributed by atoms with Gasteiger partial charge in [0.1, 0.15) is 5.75 Å². The van der Waals surface area contributed by atoms with Gasteiger partial charge in [0, 0.05) is 25.5 Å². The normalized spacial score (nSPS) is 15.3. The van der Waals surface area contributed by atoms with E-state index in [0.29, 0.717) is 5.92 Å². The fraction of sp³-hybridized carbons (Fsp3) is 0.364.